The number of likely N-dealkylation sites (N-methyl/N-ethyl adjacent to an activating group) is 1. The summed E-state index contributed by atoms with van der Waals surface area (Å²) in [6.07, 6.45) is 6.99. The van der Waals surface area contributed by atoms with E-state index in [-0.39, 0.29) is 0 Å². The maximum atomic E-state index is 3.78. The lowest BCUT2D eigenvalue weighted by Crippen LogP contribution is -2.54. The van der Waals surface area contributed by atoms with Crippen LogP contribution >= 0.6 is 11.8 Å². The molecular weight excluding hydrogens is 240 g/mol. The normalized spacial score (nSPS) is 37.3. The monoisotopic (exact) mass is 270 g/mol. The minimum Gasteiger partial charge on any atom is -0.315 e. The molecule has 2 nitrogen and oxygen atoms in total. The smallest absolute Gasteiger partial charge is 0.0330 e. The Labute approximate surface area is 117 Å². The Balaban J connectivity index is 1.81. The van der Waals surface area contributed by atoms with E-state index in [2.05, 4.69) is 43.0 Å². The lowest BCUT2D eigenvalue weighted by atomic mass is 9.75. The van der Waals surface area contributed by atoms with Crippen LogP contribution in [-0.2, 0) is 0 Å². The van der Waals surface area contributed by atoms with Crippen molar-refractivity contribution in [1.29, 1.82) is 0 Å². The number of thioether (sulfide) groups is 1. The Hall–Kier alpha value is 0.270. The van der Waals surface area contributed by atoms with Gasteiger partial charge in [0.15, 0.2) is 0 Å². The number of rotatable bonds is 5. The zero-order valence-corrected chi connectivity index (χ0v) is 13.2. The fraction of sp³-hybridized carbons (Fsp3) is 1.00. The molecule has 3 heteroatoms. The van der Waals surface area contributed by atoms with E-state index in [1.54, 1.807) is 0 Å². The predicted octanol–water partition coefficient (Wildman–Crippen LogP) is 2.84. The van der Waals surface area contributed by atoms with Crippen molar-refractivity contribution in [3.63, 3.8) is 0 Å². The van der Waals surface area contributed by atoms with Crippen LogP contribution in [0.25, 0.3) is 0 Å². The Morgan fingerprint density at radius 2 is 2.17 bits per heavy atom. The van der Waals surface area contributed by atoms with E-state index in [1.807, 2.05) is 0 Å². The second kappa shape index (κ2) is 6.62. The minimum absolute atomic E-state index is 0.420. The molecule has 0 amide bonds. The maximum absolute atomic E-state index is 3.78. The third-order valence-corrected chi connectivity index (χ3v) is 6.16. The van der Waals surface area contributed by atoms with Gasteiger partial charge in [-0.3, -0.25) is 0 Å². The number of nitrogens with zero attached hydrogens (tertiary/aromatic N) is 1. The molecule has 2 aliphatic rings. The van der Waals surface area contributed by atoms with Gasteiger partial charge in [0.1, 0.15) is 0 Å². The summed E-state index contributed by atoms with van der Waals surface area (Å²) in [7, 11) is 4.54. The highest BCUT2D eigenvalue weighted by atomic mass is 32.2. The van der Waals surface area contributed by atoms with Gasteiger partial charge in [0.2, 0.25) is 0 Å². The maximum Gasteiger partial charge on any atom is 0.0330 e. The van der Waals surface area contributed by atoms with Gasteiger partial charge in [0.25, 0.3) is 0 Å². The first kappa shape index (κ1) is 14.7. The summed E-state index contributed by atoms with van der Waals surface area (Å²) in [5.74, 6) is 4.57. The van der Waals surface area contributed by atoms with Crippen LogP contribution in [0.1, 0.15) is 39.0 Å². The van der Waals surface area contributed by atoms with Crippen molar-refractivity contribution in [2.24, 2.45) is 11.8 Å². The molecule has 106 valence electrons. The van der Waals surface area contributed by atoms with Crippen molar-refractivity contribution in [2.45, 2.75) is 44.6 Å². The molecule has 1 saturated carbocycles. The van der Waals surface area contributed by atoms with Gasteiger partial charge in [0.05, 0.1) is 0 Å². The molecule has 1 aliphatic carbocycles. The van der Waals surface area contributed by atoms with Gasteiger partial charge >= 0.3 is 0 Å². The van der Waals surface area contributed by atoms with Crippen LogP contribution in [0.4, 0.5) is 0 Å². The molecule has 0 aromatic rings. The van der Waals surface area contributed by atoms with Crippen molar-refractivity contribution in [1.82, 2.24) is 10.2 Å². The summed E-state index contributed by atoms with van der Waals surface area (Å²) < 4.78 is 0. The molecule has 2 fully saturated rings. The predicted molar refractivity (Wildman–Crippen MR) is 82.4 cm³/mol. The van der Waals surface area contributed by atoms with Gasteiger partial charge in [-0.15, -0.1) is 0 Å². The molecule has 0 radical (unpaired) electrons. The SMILES string of the molecule is CC1CCCC(CNCC2CCSC2)(N(C)C)C1. The van der Waals surface area contributed by atoms with Crippen LogP contribution in [0.2, 0.25) is 0 Å². The van der Waals surface area contributed by atoms with Crippen LogP contribution in [0.3, 0.4) is 0 Å². The fourth-order valence-corrected chi connectivity index (χ4v) is 4.90. The Kier molecular flexibility index (Phi) is 5.40. The minimum atomic E-state index is 0.420. The Morgan fingerprint density at radius 1 is 1.33 bits per heavy atom. The van der Waals surface area contributed by atoms with Crippen LogP contribution in [-0.4, -0.2) is 49.1 Å². The molecule has 0 aromatic carbocycles. The van der Waals surface area contributed by atoms with Gasteiger partial charge in [-0.1, -0.05) is 19.8 Å². The van der Waals surface area contributed by atoms with Crippen LogP contribution < -0.4 is 5.32 Å². The fourth-order valence-electron chi connectivity index (χ4n) is 3.61. The first-order valence-electron chi connectivity index (χ1n) is 7.58. The number of hydrogen-bond donors (Lipinski definition) is 1. The molecule has 3 unspecified atom stereocenters. The molecule has 0 spiro atoms. The molecule has 0 bridgehead atoms. The third-order valence-electron chi connectivity index (χ3n) is 4.93. The van der Waals surface area contributed by atoms with E-state index in [1.165, 1.54) is 56.7 Å². The van der Waals surface area contributed by atoms with Crippen molar-refractivity contribution in [3.8, 4) is 0 Å². The first-order valence-corrected chi connectivity index (χ1v) is 8.74. The Morgan fingerprint density at radius 3 is 2.78 bits per heavy atom. The molecule has 1 N–H and O–H groups in total. The topological polar surface area (TPSA) is 15.3 Å². The standard InChI is InChI=1S/C15H30N2S/c1-13-5-4-7-15(9-13,17(2)3)12-16-10-14-6-8-18-11-14/h13-14,16H,4-12H2,1-3H3. The molecule has 3 atom stereocenters. The molecule has 2 rings (SSSR count). The van der Waals surface area contributed by atoms with Gasteiger partial charge in [0, 0.05) is 12.1 Å². The summed E-state index contributed by atoms with van der Waals surface area (Å²) in [6.45, 7) is 4.84. The van der Waals surface area contributed by atoms with Crippen LogP contribution in [0.15, 0.2) is 0 Å². The molecule has 0 aromatic heterocycles. The number of nitrogens with one attached hydrogen (secondary N) is 1. The van der Waals surface area contributed by atoms with E-state index < -0.39 is 0 Å². The van der Waals surface area contributed by atoms with E-state index in [0.717, 1.165) is 11.8 Å². The van der Waals surface area contributed by atoms with E-state index in [0.29, 0.717) is 5.54 Å². The van der Waals surface area contributed by atoms with Gasteiger partial charge in [-0.2, -0.15) is 11.8 Å². The van der Waals surface area contributed by atoms with Gasteiger partial charge < -0.3 is 10.2 Å². The molecule has 1 heterocycles. The summed E-state index contributed by atoms with van der Waals surface area (Å²) in [5, 5.41) is 3.78. The van der Waals surface area contributed by atoms with Crippen molar-refractivity contribution in [2.75, 3.05) is 38.7 Å². The second-order valence-corrected chi connectivity index (χ2v) is 7.83. The highest BCUT2D eigenvalue weighted by Crippen LogP contribution is 2.35. The summed E-state index contributed by atoms with van der Waals surface area (Å²) in [5.41, 5.74) is 0.420. The number of hydrogen-bond acceptors (Lipinski definition) is 3. The van der Waals surface area contributed by atoms with E-state index in [4.69, 9.17) is 0 Å². The lowest BCUT2D eigenvalue weighted by molar-refractivity contribution is 0.0745. The largest absolute Gasteiger partial charge is 0.315 e. The Bertz CT molecular complexity index is 251. The van der Waals surface area contributed by atoms with Crippen molar-refractivity contribution < 1.29 is 0 Å². The van der Waals surface area contributed by atoms with Gasteiger partial charge in [-0.25, -0.2) is 0 Å². The lowest BCUT2D eigenvalue weighted by Gasteiger charge is -2.45. The van der Waals surface area contributed by atoms with Gasteiger partial charge in [-0.05, 0) is 63.2 Å². The van der Waals surface area contributed by atoms with Crippen molar-refractivity contribution in [3.05, 3.63) is 0 Å². The quantitative estimate of drug-likeness (QED) is 0.827. The summed E-state index contributed by atoms with van der Waals surface area (Å²) in [4.78, 5) is 2.49. The zero-order chi connectivity index (χ0) is 13.0. The average molecular weight is 270 g/mol. The summed E-state index contributed by atoms with van der Waals surface area (Å²) >= 11 is 2.12. The molecule has 18 heavy (non-hydrogen) atoms. The first-order chi connectivity index (χ1) is 8.62. The van der Waals surface area contributed by atoms with Crippen molar-refractivity contribution >= 4 is 11.8 Å². The molecular formula is C15H30N2S. The van der Waals surface area contributed by atoms with Crippen LogP contribution in [0.5, 0.6) is 0 Å². The molecule has 1 saturated heterocycles. The summed E-state index contributed by atoms with van der Waals surface area (Å²) in [6, 6.07) is 0. The molecule has 1 aliphatic heterocycles. The second-order valence-electron chi connectivity index (χ2n) is 6.68. The highest BCUT2D eigenvalue weighted by molar-refractivity contribution is 7.99. The zero-order valence-electron chi connectivity index (χ0n) is 12.4. The highest BCUT2D eigenvalue weighted by Gasteiger charge is 2.36. The van der Waals surface area contributed by atoms with Crippen LogP contribution in [0, 0.1) is 11.8 Å². The average Bonchev–Trinajstić information content (AvgIpc) is 2.82. The van der Waals surface area contributed by atoms with E-state index in [9.17, 15) is 0 Å². The van der Waals surface area contributed by atoms with E-state index >= 15 is 0 Å². The third kappa shape index (κ3) is 3.64.